The fraction of sp³-hybridized carbons (Fsp3) is 0.867. The van der Waals surface area contributed by atoms with Crippen LogP contribution in [0.2, 0.25) is 0 Å². The van der Waals surface area contributed by atoms with Gasteiger partial charge in [0, 0.05) is 25.0 Å². The average Bonchev–Trinajstić information content (AvgIpc) is 2.95. The second-order valence-corrected chi connectivity index (χ2v) is 8.97. The van der Waals surface area contributed by atoms with Crippen molar-refractivity contribution in [1.29, 1.82) is 0 Å². The third-order valence-electron chi connectivity index (χ3n) is 4.25. The molecule has 1 unspecified atom stereocenters. The Kier molecular flexibility index (Phi) is 5.60. The van der Waals surface area contributed by atoms with Crippen molar-refractivity contribution in [2.75, 3.05) is 18.8 Å². The molecule has 0 radical (unpaired) electrons. The van der Waals surface area contributed by atoms with Crippen LogP contribution in [-0.4, -0.2) is 46.3 Å². The van der Waals surface area contributed by atoms with Gasteiger partial charge < -0.3 is 4.57 Å². The standard InChI is InChI=1S/C15H28N4O2S/c1-12(2)7-9-22(20,21)18-8-5-6-14(10-18)15-17-16-11-19(15)13(3)4/h11-14H,5-10H2,1-4H3. The summed E-state index contributed by atoms with van der Waals surface area (Å²) < 4.78 is 28.7. The molecular weight excluding hydrogens is 300 g/mol. The van der Waals surface area contributed by atoms with Crippen LogP contribution in [0.5, 0.6) is 0 Å². The Balaban J connectivity index is 2.10. The Morgan fingerprint density at radius 3 is 2.68 bits per heavy atom. The molecule has 2 rings (SSSR count). The lowest BCUT2D eigenvalue weighted by atomic mass is 9.98. The second-order valence-electron chi connectivity index (χ2n) is 6.89. The van der Waals surface area contributed by atoms with Gasteiger partial charge in [-0.1, -0.05) is 13.8 Å². The number of nitrogens with zero attached hydrogens (tertiary/aromatic N) is 4. The molecule has 1 fully saturated rings. The molecule has 1 aliphatic heterocycles. The number of sulfonamides is 1. The predicted octanol–water partition coefficient (Wildman–Crippen LogP) is 2.41. The Labute approximate surface area is 134 Å². The van der Waals surface area contributed by atoms with Crippen molar-refractivity contribution in [3.05, 3.63) is 12.2 Å². The molecule has 0 saturated carbocycles. The molecule has 1 aromatic rings. The maximum atomic E-state index is 12.5. The quantitative estimate of drug-likeness (QED) is 0.804. The molecule has 0 spiro atoms. The van der Waals surface area contributed by atoms with E-state index in [1.165, 1.54) is 0 Å². The average molecular weight is 328 g/mol. The summed E-state index contributed by atoms with van der Waals surface area (Å²) in [6.07, 6.45) is 4.32. The Morgan fingerprint density at radius 2 is 2.05 bits per heavy atom. The van der Waals surface area contributed by atoms with Crippen molar-refractivity contribution in [2.24, 2.45) is 5.92 Å². The van der Waals surface area contributed by atoms with Crippen LogP contribution in [0.4, 0.5) is 0 Å². The highest BCUT2D eigenvalue weighted by Gasteiger charge is 2.31. The van der Waals surface area contributed by atoms with Gasteiger partial charge in [-0.05, 0) is 39.0 Å². The summed E-state index contributed by atoms with van der Waals surface area (Å²) in [6, 6.07) is 0.290. The van der Waals surface area contributed by atoms with Gasteiger partial charge in [-0.25, -0.2) is 12.7 Å². The molecule has 126 valence electrons. The summed E-state index contributed by atoms with van der Waals surface area (Å²) in [6.45, 7) is 9.46. The van der Waals surface area contributed by atoms with E-state index >= 15 is 0 Å². The van der Waals surface area contributed by atoms with Gasteiger partial charge in [-0.2, -0.15) is 0 Å². The smallest absolute Gasteiger partial charge is 0.214 e. The van der Waals surface area contributed by atoms with E-state index in [0.717, 1.165) is 18.7 Å². The molecule has 7 heteroatoms. The molecule has 1 aliphatic rings. The topological polar surface area (TPSA) is 68.1 Å². The SMILES string of the molecule is CC(C)CCS(=O)(=O)N1CCCC(c2nncn2C(C)C)C1. The number of aromatic nitrogens is 3. The zero-order valence-corrected chi connectivity index (χ0v) is 14.9. The van der Waals surface area contributed by atoms with E-state index in [1.807, 2.05) is 0 Å². The number of piperidine rings is 1. The summed E-state index contributed by atoms with van der Waals surface area (Å²) in [7, 11) is -3.16. The maximum Gasteiger partial charge on any atom is 0.214 e. The minimum absolute atomic E-state index is 0.146. The monoisotopic (exact) mass is 328 g/mol. The van der Waals surface area contributed by atoms with Crippen LogP contribution in [0.1, 0.15) is 64.7 Å². The van der Waals surface area contributed by atoms with Crippen LogP contribution in [0, 0.1) is 5.92 Å². The van der Waals surface area contributed by atoms with Crippen molar-refractivity contribution in [2.45, 2.75) is 58.9 Å². The van der Waals surface area contributed by atoms with Gasteiger partial charge in [0.1, 0.15) is 12.2 Å². The largest absolute Gasteiger partial charge is 0.315 e. The lowest BCUT2D eigenvalue weighted by Gasteiger charge is -2.32. The molecule has 6 nitrogen and oxygen atoms in total. The minimum atomic E-state index is -3.16. The lowest BCUT2D eigenvalue weighted by molar-refractivity contribution is 0.301. The zero-order valence-electron chi connectivity index (χ0n) is 14.1. The van der Waals surface area contributed by atoms with Gasteiger partial charge in [0.2, 0.25) is 10.0 Å². The molecule has 0 aliphatic carbocycles. The van der Waals surface area contributed by atoms with E-state index in [1.54, 1.807) is 10.6 Å². The van der Waals surface area contributed by atoms with Gasteiger partial charge in [-0.15, -0.1) is 10.2 Å². The molecular formula is C15H28N4O2S. The van der Waals surface area contributed by atoms with Crippen LogP contribution in [0.25, 0.3) is 0 Å². The van der Waals surface area contributed by atoms with Gasteiger partial charge in [-0.3, -0.25) is 0 Å². The first kappa shape index (κ1) is 17.4. The van der Waals surface area contributed by atoms with Crippen molar-refractivity contribution < 1.29 is 8.42 Å². The van der Waals surface area contributed by atoms with E-state index in [2.05, 4.69) is 42.5 Å². The van der Waals surface area contributed by atoms with E-state index in [0.29, 0.717) is 25.4 Å². The number of rotatable bonds is 6. The molecule has 0 bridgehead atoms. The fourth-order valence-electron chi connectivity index (χ4n) is 2.86. The summed E-state index contributed by atoms with van der Waals surface area (Å²) in [5, 5.41) is 8.25. The van der Waals surface area contributed by atoms with E-state index in [-0.39, 0.29) is 17.7 Å². The van der Waals surface area contributed by atoms with Crippen LogP contribution >= 0.6 is 0 Å². The molecule has 1 aromatic heterocycles. The van der Waals surface area contributed by atoms with Gasteiger partial charge >= 0.3 is 0 Å². The molecule has 2 heterocycles. The van der Waals surface area contributed by atoms with Gasteiger partial charge in [0.05, 0.1) is 5.75 Å². The van der Waals surface area contributed by atoms with Gasteiger partial charge in [0.15, 0.2) is 0 Å². The van der Waals surface area contributed by atoms with Crippen LogP contribution < -0.4 is 0 Å². The Morgan fingerprint density at radius 1 is 1.32 bits per heavy atom. The predicted molar refractivity (Wildman–Crippen MR) is 87.2 cm³/mol. The highest BCUT2D eigenvalue weighted by Crippen LogP contribution is 2.28. The first-order valence-corrected chi connectivity index (χ1v) is 9.79. The van der Waals surface area contributed by atoms with Crippen molar-refractivity contribution in [3.63, 3.8) is 0 Å². The fourth-order valence-corrected chi connectivity index (χ4v) is 4.70. The number of hydrogen-bond acceptors (Lipinski definition) is 4. The van der Waals surface area contributed by atoms with Gasteiger partial charge in [0.25, 0.3) is 0 Å². The normalized spacial score (nSPS) is 20.9. The third kappa shape index (κ3) is 4.07. The zero-order chi connectivity index (χ0) is 16.3. The molecule has 1 atom stereocenters. The first-order valence-electron chi connectivity index (χ1n) is 8.18. The molecule has 0 aromatic carbocycles. The van der Waals surface area contributed by atoms with Crippen LogP contribution in [0.15, 0.2) is 6.33 Å². The summed E-state index contributed by atoms with van der Waals surface area (Å²) >= 11 is 0. The first-order chi connectivity index (χ1) is 10.3. The molecule has 22 heavy (non-hydrogen) atoms. The lowest BCUT2D eigenvalue weighted by Crippen LogP contribution is -2.41. The highest BCUT2D eigenvalue weighted by molar-refractivity contribution is 7.89. The molecule has 0 N–H and O–H groups in total. The van der Waals surface area contributed by atoms with E-state index in [9.17, 15) is 8.42 Å². The van der Waals surface area contributed by atoms with Crippen LogP contribution in [-0.2, 0) is 10.0 Å². The third-order valence-corrected chi connectivity index (χ3v) is 6.12. The summed E-state index contributed by atoms with van der Waals surface area (Å²) in [4.78, 5) is 0. The van der Waals surface area contributed by atoms with Crippen molar-refractivity contribution in [3.8, 4) is 0 Å². The van der Waals surface area contributed by atoms with Crippen molar-refractivity contribution >= 4 is 10.0 Å². The molecule has 0 amide bonds. The number of hydrogen-bond donors (Lipinski definition) is 0. The van der Waals surface area contributed by atoms with Crippen molar-refractivity contribution in [1.82, 2.24) is 19.1 Å². The Bertz CT molecular complexity index is 580. The van der Waals surface area contributed by atoms with Crippen LogP contribution in [0.3, 0.4) is 0 Å². The summed E-state index contributed by atoms with van der Waals surface area (Å²) in [5.74, 6) is 1.71. The molecule has 1 saturated heterocycles. The highest BCUT2D eigenvalue weighted by atomic mass is 32.2. The van der Waals surface area contributed by atoms with E-state index < -0.39 is 10.0 Å². The Hall–Kier alpha value is -0.950. The summed E-state index contributed by atoms with van der Waals surface area (Å²) in [5.41, 5.74) is 0. The minimum Gasteiger partial charge on any atom is -0.315 e. The van der Waals surface area contributed by atoms with E-state index in [4.69, 9.17) is 0 Å². The second kappa shape index (κ2) is 7.08. The maximum absolute atomic E-state index is 12.5.